The second-order valence-electron chi connectivity index (χ2n) is 4.57. The molecule has 2 heteroatoms. The Morgan fingerprint density at radius 3 is 2.05 bits per heavy atom. The van der Waals surface area contributed by atoms with Gasteiger partial charge in [0.2, 0.25) is 0 Å². The van der Waals surface area contributed by atoms with Gasteiger partial charge in [0.05, 0.1) is 5.69 Å². The van der Waals surface area contributed by atoms with Gasteiger partial charge in [-0.15, -0.1) is 0 Å². The second kappa shape index (κ2) is 5.53. The van der Waals surface area contributed by atoms with Gasteiger partial charge < -0.3 is 4.90 Å². The highest BCUT2D eigenvalue weighted by Crippen LogP contribution is 2.25. The summed E-state index contributed by atoms with van der Waals surface area (Å²) in [5, 5.41) is 0. The lowest BCUT2D eigenvalue weighted by molar-refractivity contribution is 1.08. The Labute approximate surface area is 114 Å². The zero-order valence-corrected chi connectivity index (χ0v) is 11.4. The molecule has 1 heterocycles. The fraction of sp³-hybridized carbons (Fsp3) is 0.118. The molecule has 0 atom stereocenters. The first-order valence-corrected chi connectivity index (χ1v) is 6.22. The fourth-order valence-corrected chi connectivity index (χ4v) is 2.08. The number of allylic oxidation sites excluding steroid dienone is 2. The molecule has 0 saturated carbocycles. The number of nitrogens with zero attached hydrogens (tertiary/aromatic N) is 2. The second-order valence-corrected chi connectivity index (χ2v) is 4.57. The minimum absolute atomic E-state index is 0.957. The molecule has 1 aromatic heterocycles. The van der Waals surface area contributed by atoms with Crippen LogP contribution >= 0.6 is 0 Å². The molecular formula is C17H18N2. The molecule has 2 nitrogen and oxygen atoms in total. The predicted octanol–water partition coefficient (Wildman–Crippen LogP) is 4.62. The highest BCUT2D eigenvalue weighted by molar-refractivity contribution is 5.65. The van der Waals surface area contributed by atoms with Crippen molar-refractivity contribution in [3.63, 3.8) is 0 Å². The van der Waals surface area contributed by atoms with Crippen molar-refractivity contribution in [1.29, 1.82) is 0 Å². The molecule has 0 fully saturated rings. The van der Waals surface area contributed by atoms with Gasteiger partial charge in [-0.3, -0.25) is 4.98 Å². The van der Waals surface area contributed by atoms with Crippen LogP contribution in [0.2, 0.25) is 0 Å². The number of anilines is 1. The monoisotopic (exact) mass is 250 g/mol. The summed E-state index contributed by atoms with van der Waals surface area (Å²) in [5.74, 6) is 0. The van der Waals surface area contributed by atoms with Crippen molar-refractivity contribution in [1.82, 2.24) is 4.98 Å². The molecule has 2 rings (SSSR count). The highest BCUT2D eigenvalue weighted by atomic mass is 15.1. The van der Waals surface area contributed by atoms with E-state index < -0.39 is 0 Å². The molecule has 0 aliphatic carbocycles. The van der Waals surface area contributed by atoms with Gasteiger partial charge in [-0.25, -0.2) is 0 Å². The molecule has 1 aromatic carbocycles. The van der Waals surface area contributed by atoms with Crippen molar-refractivity contribution in [2.75, 3.05) is 4.90 Å². The van der Waals surface area contributed by atoms with E-state index in [-0.39, 0.29) is 0 Å². The summed E-state index contributed by atoms with van der Waals surface area (Å²) in [5.41, 5.74) is 5.06. The van der Waals surface area contributed by atoms with Gasteiger partial charge in [-0.1, -0.05) is 31.4 Å². The zero-order valence-electron chi connectivity index (χ0n) is 11.4. The molecule has 0 amide bonds. The standard InChI is InChI=1S/C17H18N2/c1-13(2)19(14(3)4)16-10-8-15(9-11-16)17-7-5-6-12-18-17/h5-12H,1,3H2,2,4H3. The van der Waals surface area contributed by atoms with Crippen molar-refractivity contribution in [3.05, 3.63) is 73.2 Å². The summed E-state index contributed by atoms with van der Waals surface area (Å²) in [6.45, 7) is 11.9. The molecule has 96 valence electrons. The third-order valence-corrected chi connectivity index (χ3v) is 2.85. The van der Waals surface area contributed by atoms with Crippen LogP contribution in [0.25, 0.3) is 11.3 Å². The maximum absolute atomic E-state index is 4.35. The first kappa shape index (κ1) is 13.1. The highest BCUT2D eigenvalue weighted by Gasteiger charge is 2.08. The van der Waals surface area contributed by atoms with Crippen LogP contribution in [0, 0.1) is 0 Å². The molecule has 0 unspecified atom stereocenters. The molecule has 2 aromatic rings. The minimum atomic E-state index is 0.957. The van der Waals surface area contributed by atoms with E-state index in [9.17, 15) is 0 Å². The summed E-state index contributed by atoms with van der Waals surface area (Å²) in [4.78, 5) is 6.37. The van der Waals surface area contributed by atoms with Crippen LogP contribution in [0.1, 0.15) is 13.8 Å². The Balaban J connectivity index is 2.33. The molecule has 19 heavy (non-hydrogen) atoms. The van der Waals surface area contributed by atoms with Crippen LogP contribution in [0.15, 0.2) is 73.2 Å². The van der Waals surface area contributed by atoms with Crippen LogP contribution in [-0.4, -0.2) is 4.98 Å². The van der Waals surface area contributed by atoms with E-state index in [0.717, 1.165) is 28.3 Å². The van der Waals surface area contributed by atoms with Crippen molar-refractivity contribution < 1.29 is 0 Å². The van der Waals surface area contributed by atoms with E-state index in [2.05, 4.69) is 42.4 Å². The van der Waals surface area contributed by atoms with E-state index in [0.29, 0.717) is 0 Å². The van der Waals surface area contributed by atoms with Crippen LogP contribution < -0.4 is 4.90 Å². The SMILES string of the molecule is C=C(C)N(C(=C)C)c1ccc(-c2ccccn2)cc1. The number of hydrogen-bond acceptors (Lipinski definition) is 2. The molecule has 0 radical (unpaired) electrons. The largest absolute Gasteiger partial charge is 0.320 e. The average molecular weight is 250 g/mol. The Morgan fingerprint density at radius 2 is 1.58 bits per heavy atom. The predicted molar refractivity (Wildman–Crippen MR) is 81.8 cm³/mol. The summed E-state index contributed by atoms with van der Waals surface area (Å²) >= 11 is 0. The summed E-state index contributed by atoms with van der Waals surface area (Å²) in [6, 6.07) is 14.2. The van der Waals surface area contributed by atoms with Gasteiger partial charge in [-0.05, 0) is 38.1 Å². The molecular weight excluding hydrogens is 232 g/mol. The number of benzene rings is 1. The molecule has 0 aliphatic heterocycles. The first-order valence-electron chi connectivity index (χ1n) is 6.22. The van der Waals surface area contributed by atoms with Crippen molar-refractivity contribution in [2.24, 2.45) is 0 Å². The summed E-state index contributed by atoms with van der Waals surface area (Å²) in [6.07, 6.45) is 1.80. The van der Waals surface area contributed by atoms with Crippen LogP contribution in [0.3, 0.4) is 0 Å². The maximum atomic E-state index is 4.35. The average Bonchev–Trinajstić information content (AvgIpc) is 2.40. The molecule has 0 aliphatic rings. The van der Waals surface area contributed by atoms with Gasteiger partial charge in [0, 0.05) is 28.8 Å². The van der Waals surface area contributed by atoms with Gasteiger partial charge in [0.15, 0.2) is 0 Å². The number of aromatic nitrogens is 1. The summed E-state index contributed by atoms with van der Waals surface area (Å²) < 4.78 is 0. The smallest absolute Gasteiger partial charge is 0.0701 e. The van der Waals surface area contributed by atoms with Crippen molar-refractivity contribution >= 4 is 5.69 Å². The zero-order chi connectivity index (χ0) is 13.8. The van der Waals surface area contributed by atoms with Crippen LogP contribution in [0.4, 0.5) is 5.69 Å². The quantitative estimate of drug-likeness (QED) is 0.787. The van der Waals surface area contributed by atoms with E-state index in [1.165, 1.54) is 0 Å². The lowest BCUT2D eigenvalue weighted by Crippen LogP contribution is -2.16. The van der Waals surface area contributed by atoms with E-state index >= 15 is 0 Å². The molecule has 0 spiro atoms. The topological polar surface area (TPSA) is 16.1 Å². The molecule has 0 N–H and O–H groups in total. The van der Waals surface area contributed by atoms with Gasteiger partial charge in [0.25, 0.3) is 0 Å². The van der Waals surface area contributed by atoms with Crippen molar-refractivity contribution in [3.8, 4) is 11.3 Å². The van der Waals surface area contributed by atoms with Crippen molar-refractivity contribution in [2.45, 2.75) is 13.8 Å². The molecule has 0 saturated heterocycles. The summed E-state index contributed by atoms with van der Waals surface area (Å²) in [7, 11) is 0. The lowest BCUT2D eigenvalue weighted by Gasteiger charge is -2.25. The van der Waals surface area contributed by atoms with E-state index in [1.54, 1.807) is 6.20 Å². The lowest BCUT2D eigenvalue weighted by atomic mass is 10.1. The Morgan fingerprint density at radius 1 is 0.947 bits per heavy atom. The number of rotatable bonds is 4. The van der Waals surface area contributed by atoms with Gasteiger partial charge in [-0.2, -0.15) is 0 Å². The maximum Gasteiger partial charge on any atom is 0.0701 e. The van der Waals surface area contributed by atoms with Gasteiger partial charge in [0.1, 0.15) is 0 Å². The Kier molecular flexibility index (Phi) is 3.81. The fourth-order valence-electron chi connectivity index (χ4n) is 2.08. The van der Waals surface area contributed by atoms with Crippen LogP contribution in [-0.2, 0) is 0 Å². The number of hydrogen-bond donors (Lipinski definition) is 0. The third-order valence-electron chi connectivity index (χ3n) is 2.85. The Bertz CT molecular complexity index is 568. The van der Waals surface area contributed by atoms with Crippen LogP contribution in [0.5, 0.6) is 0 Å². The minimum Gasteiger partial charge on any atom is -0.320 e. The number of pyridine rings is 1. The van der Waals surface area contributed by atoms with Gasteiger partial charge >= 0.3 is 0 Å². The van der Waals surface area contributed by atoms with E-state index in [1.807, 2.05) is 36.9 Å². The third kappa shape index (κ3) is 2.91. The first-order chi connectivity index (χ1) is 9.09. The van der Waals surface area contributed by atoms with E-state index in [4.69, 9.17) is 0 Å². The Hall–Kier alpha value is -2.35. The molecule has 0 bridgehead atoms. The normalized spacial score (nSPS) is 10.0.